The van der Waals surface area contributed by atoms with E-state index < -0.39 is 11.9 Å². The quantitative estimate of drug-likeness (QED) is 0.269. The predicted molar refractivity (Wildman–Crippen MR) is 158 cm³/mol. The van der Waals surface area contributed by atoms with Gasteiger partial charge in [-0.3, -0.25) is 14.7 Å². The zero-order chi connectivity index (χ0) is 28.9. The third-order valence-electron chi connectivity index (χ3n) is 7.13. The molecule has 1 aliphatic rings. The number of pyridine rings is 1. The number of halogens is 1. The van der Waals surface area contributed by atoms with Gasteiger partial charge in [0.25, 0.3) is 0 Å². The second-order valence-electron chi connectivity index (χ2n) is 10.5. The Morgan fingerprint density at radius 1 is 1.20 bits per heavy atom. The van der Waals surface area contributed by atoms with E-state index in [9.17, 15) is 4.79 Å². The fourth-order valence-corrected chi connectivity index (χ4v) is 5.02. The van der Waals surface area contributed by atoms with Crippen LogP contribution in [-0.2, 0) is 16.1 Å². The summed E-state index contributed by atoms with van der Waals surface area (Å²) in [6.07, 6.45) is 4.56. The van der Waals surface area contributed by atoms with Crippen LogP contribution in [0, 0.1) is 5.82 Å². The van der Waals surface area contributed by atoms with Crippen LogP contribution >= 0.6 is 0 Å². The maximum absolute atomic E-state index is 15.1. The summed E-state index contributed by atoms with van der Waals surface area (Å²) in [6, 6.07) is 8.83. The number of rotatable bonds is 10. The van der Waals surface area contributed by atoms with E-state index in [1.807, 2.05) is 49.3 Å². The van der Waals surface area contributed by atoms with Crippen LogP contribution in [0.1, 0.15) is 5.69 Å². The van der Waals surface area contributed by atoms with Gasteiger partial charge in [0, 0.05) is 68.9 Å². The standard InChI is InChI=1S/C29H36FN9O2/c1-37(2)17-20-14-19(8-9-31-20)34-29-33-16-23(30)26(36-29)22-15-32-27-21(22)6-5-7-24(27)35-28(40)25(18-41-4)39-12-10-38(3)11-13-39/h5-9,14-16,25,32H,10-13,17-18H2,1-4H3,(H,35,40)(H,31,33,34,36)/t25-/m1/s1. The molecular weight excluding hydrogens is 525 g/mol. The van der Waals surface area contributed by atoms with Crippen LogP contribution in [0.15, 0.2) is 48.9 Å². The number of carbonyl (C=O) groups is 1. The summed E-state index contributed by atoms with van der Waals surface area (Å²) in [7, 11) is 7.62. The van der Waals surface area contributed by atoms with Crippen molar-refractivity contribution in [1.29, 1.82) is 0 Å². The van der Waals surface area contributed by atoms with Crippen molar-refractivity contribution in [3.63, 3.8) is 0 Å². The van der Waals surface area contributed by atoms with Gasteiger partial charge in [0.1, 0.15) is 11.7 Å². The van der Waals surface area contributed by atoms with Gasteiger partial charge in [0.2, 0.25) is 11.9 Å². The molecule has 1 aromatic carbocycles. The highest BCUT2D eigenvalue weighted by Gasteiger charge is 2.29. The van der Waals surface area contributed by atoms with Crippen molar-refractivity contribution in [2.24, 2.45) is 0 Å². The molecule has 12 heteroatoms. The predicted octanol–water partition coefficient (Wildman–Crippen LogP) is 3.17. The minimum absolute atomic E-state index is 0.147. The number of aromatic amines is 1. The number of ether oxygens (including phenoxy) is 1. The summed E-state index contributed by atoms with van der Waals surface area (Å²) in [5.74, 6) is -0.438. The van der Waals surface area contributed by atoms with E-state index in [4.69, 9.17) is 4.74 Å². The van der Waals surface area contributed by atoms with Crippen molar-refractivity contribution in [3.05, 3.63) is 60.4 Å². The number of methoxy groups -OCH3 is 1. The fourth-order valence-electron chi connectivity index (χ4n) is 5.02. The molecule has 0 aliphatic carbocycles. The van der Waals surface area contributed by atoms with Gasteiger partial charge in [-0.25, -0.2) is 14.4 Å². The highest BCUT2D eigenvalue weighted by molar-refractivity contribution is 6.06. The largest absolute Gasteiger partial charge is 0.383 e. The van der Waals surface area contributed by atoms with Gasteiger partial charge in [-0.2, -0.15) is 0 Å². The van der Waals surface area contributed by atoms with Gasteiger partial charge in [0.05, 0.1) is 29.7 Å². The Hall–Kier alpha value is -3.97. The second-order valence-corrected chi connectivity index (χ2v) is 10.5. The number of hydrogen-bond acceptors (Lipinski definition) is 9. The Morgan fingerprint density at radius 3 is 2.76 bits per heavy atom. The van der Waals surface area contributed by atoms with Crippen molar-refractivity contribution in [2.45, 2.75) is 12.6 Å². The van der Waals surface area contributed by atoms with Crippen molar-refractivity contribution in [2.75, 3.05) is 71.7 Å². The molecule has 4 heterocycles. The Balaban J connectivity index is 1.39. The third-order valence-corrected chi connectivity index (χ3v) is 7.13. The molecule has 0 bridgehead atoms. The Kier molecular flexibility index (Phi) is 8.84. The van der Waals surface area contributed by atoms with E-state index in [2.05, 4.69) is 47.4 Å². The first-order valence-electron chi connectivity index (χ1n) is 13.5. The van der Waals surface area contributed by atoms with E-state index in [0.717, 1.165) is 49.1 Å². The van der Waals surface area contributed by atoms with Crippen LogP contribution in [0.2, 0.25) is 0 Å². The Labute approximate surface area is 238 Å². The summed E-state index contributed by atoms with van der Waals surface area (Å²) in [5.41, 5.74) is 3.63. The van der Waals surface area contributed by atoms with Crippen LogP contribution in [0.3, 0.4) is 0 Å². The molecule has 0 unspecified atom stereocenters. The van der Waals surface area contributed by atoms with E-state index in [1.165, 1.54) is 0 Å². The van der Waals surface area contributed by atoms with Crippen LogP contribution in [0.4, 0.5) is 21.7 Å². The number of piperazine rings is 1. The van der Waals surface area contributed by atoms with Crippen molar-refractivity contribution in [3.8, 4) is 11.3 Å². The number of fused-ring (bicyclic) bond motifs is 1. The lowest BCUT2D eigenvalue weighted by Crippen LogP contribution is -2.54. The minimum Gasteiger partial charge on any atom is -0.383 e. The van der Waals surface area contributed by atoms with Crippen LogP contribution in [0.25, 0.3) is 22.2 Å². The maximum atomic E-state index is 15.1. The Bertz CT molecular complexity index is 1500. The first kappa shape index (κ1) is 28.6. The lowest BCUT2D eigenvalue weighted by Gasteiger charge is -2.36. The molecule has 5 rings (SSSR count). The number of nitrogens with one attached hydrogen (secondary N) is 3. The molecule has 216 valence electrons. The number of aromatic nitrogens is 4. The molecule has 11 nitrogen and oxygen atoms in total. The number of hydrogen-bond donors (Lipinski definition) is 3. The molecule has 1 atom stereocenters. The number of para-hydroxylation sites is 1. The van der Waals surface area contributed by atoms with E-state index >= 15 is 4.39 Å². The molecule has 0 spiro atoms. The van der Waals surface area contributed by atoms with Crippen molar-refractivity contribution in [1.82, 2.24) is 34.6 Å². The third kappa shape index (κ3) is 6.68. The second kappa shape index (κ2) is 12.7. The molecule has 1 saturated heterocycles. The monoisotopic (exact) mass is 561 g/mol. The van der Waals surface area contributed by atoms with Gasteiger partial charge in [-0.1, -0.05) is 12.1 Å². The zero-order valence-corrected chi connectivity index (χ0v) is 23.8. The van der Waals surface area contributed by atoms with E-state index in [0.29, 0.717) is 23.3 Å². The van der Waals surface area contributed by atoms with Crippen molar-refractivity contribution >= 4 is 34.1 Å². The van der Waals surface area contributed by atoms with E-state index in [1.54, 1.807) is 19.5 Å². The summed E-state index contributed by atoms with van der Waals surface area (Å²) in [4.78, 5) is 36.1. The van der Waals surface area contributed by atoms with Crippen LogP contribution in [0.5, 0.6) is 0 Å². The molecule has 3 N–H and O–H groups in total. The highest BCUT2D eigenvalue weighted by atomic mass is 19.1. The van der Waals surface area contributed by atoms with E-state index in [-0.39, 0.29) is 24.2 Å². The number of likely N-dealkylation sites (N-methyl/N-ethyl adjacent to an activating group) is 1. The molecule has 1 amide bonds. The van der Waals surface area contributed by atoms with Gasteiger partial charge < -0.3 is 30.2 Å². The first-order chi connectivity index (χ1) is 19.8. The molecule has 1 fully saturated rings. The number of amides is 1. The molecule has 1 aliphatic heterocycles. The number of H-pyrrole nitrogens is 1. The minimum atomic E-state index is -0.552. The molecule has 0 radical (unpaired) electrons. The smallest absolute Gasteiger partial charge is 0.244 e. The van der Waals surface area contributed by atoms with Gasteiger partial charge in [-0.05, 0) is 39.3 Å². The average Bonchev–Trinajstić information content (AvgIpc) is 3.38. The summed E-state index contributed by atoms with van der Waals surface area (Å²) >= 11 is 0. The number of nitrogens with zero attached hydrogens (tertiary/aromatic N) is 6. The lowest BCUT2D eigenvalue weighted by atomic mass is 10.1. The molecular formula is C29H36FN9O2. The topological polar surface area (TPSA) is 115 Å². The van der Waals surface area contributed by atoms with Crippen molar-refractivity contribution < 1.29 is 13.9 Å². The molecule has 3 aromatic heterocycles. The van der Waals surface area contributed by atoms with Gasteiger partial charge in [-0.15, -0.1) is 0 Å². The highest BCUT2D eigenvalue weighted by Crippen LogP contribution is 2.33. The fraction of sp³-hybridized carbons (Fsp3) is 0.379. The number of anilines is 3. The average molecular weight is 562 g/mol. The Morgan fingerprint density at radius 2 is 2.00 bits per heavy atom. The summed E-state index contributed by atoms with van der Waals surface area (Å²) in [5, 5.41) is 6.95. The molecule has 0 saturated carbocycles. The van der Waals surface area contributed by atoms with Crippen LogP contribution in [-0.4, -0.2) is 108 Å². The normalized spacial score (nSPS) is 15.4. The van der Waals surface area contributed by atoms with Gasteiger partial charge >= 0.3 is 0 Å². The SMILES string of the molecule is COC[C@H](C(=O)Nc1cccc2c(-c3nc(Nc4ccnc(CN(C)C)c4)ncc3F)c[nH]c12)N1CCN(C)CC1. The first-order valence-corrected chi connectivity index (χ1v) is 13.5. The van der Waals surface area contributed by atoms with Gasteiger partial charge in [0.15, 0.2) is 5.82 Å². The number of carbonyl (C=O) groups excluding carboxylic acids is 1. The summed E-state index contributed by atoms with van der Waals surface area (Å²) in [6.45, 7) is 4.33. The zero-order valence-electron chi connectivity index (χ0n) is 23.8. The summed E-state index contributed by atoms with van der Waals surface area (Å²) < 4.78 is 20.5. The lowest BCUT2D eigenvalue weighted by molar-refractivity contribution is -0.124. The number of benzene rings is 1. The molecule has 4 aromatic rings. The molecule has 41 heavy (non-hydrogen) atoms. The maximum Gasteiger partial charge on any atom is 0.244 e. The van der Waals surface area contributed by atoms with Crippen LogP contribution < -0.4 is 10.6 Å².